The Bertz CT molecular complexity index is 3510. The first-order valence-electron chi connectivity index (χ1n) is 23.1. The van der Waals surface area contributed by atoms with Crippen molar-refractivity contribution in [2.24, 2.45) is 0 Å². The van der Waals surface area contributed by atoms with Gasteiger partial charge in [-0.1, -0.05) is 162 Å². The molecule has 1 aliphatic heterocycles. The van der Waals surface area contributed by atoms with Crippen molar-refractivity contribution in [3.05, 3.63) is 224 Å². The summed E-state index contributed by atoms with van der Waals surface area (Å²) in [4.78, 5) is 9.37. The van der Waals surface area contributed by atoms with Gasteiger partial charge < -0.3 is 19.1 Å². The summed E-state index contributed by atoms with van der Waals surface area (Å²) >= 11 is 0. The van der Waals surface area contributed by atoms with Crippen LogP contribution in [0.25, 0.3) is 61.0 Å². The van der Waals surface area contributed by atoms with Crippen LogP contribution in [-0.4, -0.2) is 9.55 Å². The molecule has 11 rings (SSSR count). The SMILES string of the molecule is CC(C)(C)c1ccnc(-n2c3[c-]c(Oc4[c-]c(N5[CH-]N(c6c(-c7ccc(F)cc7)cccc6C(C)(C)C)c6ccccc65)cc(-c5ccccc5-c5ccccc5)c4)ccc3c3ccccc32)c1.[Pt]. The van der Waals surface area contributed by atoms with E-state index >= 15 is 0 Å². The summed E-state index contributed by atoms with van der Waals surface area (Å²) in [6.07, 6.45) is 1.89. The topological polar surface area (TPSA) is 33.5 Å². The maximum absolute atomic E-state index is 14.4. The molecule has 0 atom stereocenters. The molecule has 0 radical (unpaired) electrons. The molecule has 0 saturated carbocycles. The Kier molecular flexibility index (Phi) is 11.9. The number of benzene rings is 8. The molecule has 8 aromatic carbocycles. The van der Waals surface area contributed by atoms with Gasteiger partial charge in [0.15, 0.2) is 0 Å². The van der Waals surface area contributed by atoms with Crippen LogP contribution in [0.3, 0.4) is 0 Å². The molecule has 0 aliphatic carbocycles. The van der Waals surface area contributed by atoms with E-state index in [1.165, 1.54) is 17.7 Å². The third-order valence-electron chi connectivity index (χ3n) is 12.9. The number of ether oxygens (including phenoxy) is 1. The van der Waals surface area contributed by atoms with Crippen molar-refractivity contribution in [3.63, 3.8) is 0 Å². The fourth-order valence-corrected chi connectivity index (χ4v) is 9.52. The van der Waals surface area contributed by atoms with Crippen molar-refractivity contribution in [1.82, 2.24) is 9.55 Å². The van der Waals surface area contributed by atoms with Crippen molar-refractivity contribution in [1.29, 1.82) is 0 Å². The van der Waals surface area contributed by atoms with Gasteiger partial charge >= 0.3 is 0 Å². The Balaban J connectivity index is 0.00000553. The Labute approximate surface area is 418 Å². The molecule has 0 spiro atoms. The standard InChI is InChI=1S/C62H50FN4O.Pt/c1-61(2,3)44-33-34-64-59(37-44)67-55-24-13-12-21-52(55)53-32-31-47(39-58(53)67)68-48-36-43(50-20-11-10-19-49(50)41-17-8-7-9-18-41)35-46(38-48)65-40-66(57-26-15-14-25-56(57)65)60-51(42-27-29-45(63)30-28-42)22-16-23-54(60)62(4,5)6;/h7-37,40H,1-6H3;/q-3;. The van der Waals surface area contributed by atoms with Gasteiger partial charge in [-0.15, -0.1) is 53.6 Å². The van der Waals surface area contributed by atoms with E-state index in [-0.39, 0.29) is 37.7 Å². The average molecular weight is 1080 g/mol. The number of pyridine rings is 1. The molecule has 1 aliphatic rings. The van der Waals surface area contributed by atoms with E-state index in [1.54, 1.807) is 0 Å². The van der Waals surface area contributed by atoms with E-state index in [4.69, 9.17) is 9.72 Å². The fourth-order valence-electron chi connectivity index (χ4n) is 9.52. The summed E-state index contributed by atoms with van der Waals surface area (Å²) in [5.41, 5.74) is 14.0. The van der Waals surface area contributed by atoms with Gasteiger partial charge in [0.25, 0.3) is 0 Å². The average Bonchev–Trinajstić information content (AvgIpc) is 3.90. The predicted octanol–water partition coefficient (Wildman–Crippen LogP) is 16.7. The molecule has 3 heterocycles. The van der Waals surface area contributed by atoms with Crippen molar-refractivity contribution in [2.45, 2.75) is 52.4 Å². The second-order valence-corrected chi connectivity index (χ2v) is 19.5. The number of nitrogens with zero attached hydrogens (tertiary/aromatic N) is 4. The molecule has 10 aromatic rings. The number of hydrogen-bond acceptors (Lipinski definition) is 4. The van der Waals surface area contributed by atoms with Crippen molar-refractivity contribution < 1.29 is 30.2 Å². The van der Waals surface area contributed by atoms with Crippen LogP contribution >= 0.6 is 0 Å². The zero-order valence-corrected chi connectivity index (χ0v) is 41.6. The van der Waals surface area contributed by atoms with Gasteiger partial charge in [0.2, 0.25) is 0 Å². The molecule has 2 aromatic heterocycles. The minimum Gasteiger partial charge on any atom is -0.509 e. The van der Waals surface area contributed by atoms with Gasteiger partial charge in [-0.2, -0.15) is 6.07 Å². The second-order valence-electron chi connectivity index (χ2n) is 19.5. The third kappa shape index (κ3) is 8.53. The minimum atomic E-state index is -0.267. The van der Waals surface area contributed by atoms with Crippen LogP contribution in [0, 0.1) is 24.6 Å². The van der Waals surface area contributed by atoms with Crippen LogP contribution in [-0.2, 0) is 31.9 Å². The first-order chi connectivity index (χ1) is 32.9. The van der Waals surface area contributed by atoms with Gasteiger partial charge in [-0.3, -0.25) is 0 Å². The van der Waals surface area contributed by atoms with Crippen LogP contribution in [0.4, 0.5) is 27.1 Å². The van der Waals surface area contributed by atoms with E-state index in [9.17, 15) is 4.39 Å². The van der Waals surface area contributed by atoms with E-state index in [2.05, 4.69) is 220 Å². The Morgan fingerprint density at radius 2 is 1.19 bits per heavy atom. The molecule has 7 heteroatoms. The third-order valence-corrected chi connectivity index (χ3v) is 12.9. The summed E-state index contributed by atoms with van der Waals surface area (Å²) in [6, 6.07) is 69.2. The summed E-state index contributed by atoms with van der Waals surface area (Å²) in [6.45, 7) is 15.5. The normalized spacial score (nSPS) is 12.6. The zero-order chi connectivity index (χ0) is 46.7. The predicted molar refractivity (Wildman–Crippen MR) is 278 cm³/mol. The zero-order valence-electron chi connectivity index (χ0n) is 39.4. The van der Waals surface area contributed by atoms with E-state index in [0.717, 1.165) is 89.3 Å². The molecule has 0 saturated heterocycles. The minimum absolute atomic E-state index is 0. The monoisotopic (exact) mass is 1080 g/mol. The van der Waals surface area contributed by atoms with Crippen LogP contribution in [0.2, 0.25) is 0 Å². The van der Waals surface area contributed by atoms with E-state index < -0.39 is 0 Å². The Morgan fingerprint density at radius 1 is 0.536 bits per heavy atom. The maximum Gasteiger partial charge on any atom is 0.135 e. The van der Waals surface area contributed by atoms with Crippen LogP contribution < -0.4 is 14.5 Å². The fraction of sp³-hybridized carbons (Fsp3) is 0.129. The first kappa shape index (κ1) is 45.5. The first-order valence-corrected chi connectivity index (χ1v) is 23.1. The van der Waals surface area contributed by atoms with Crippen LogP contribution in [0.1, 0.15) is 52.7 Å². The van der Waals surface area contributed by atoms with E-state index in [0.29, 0.717) is 11.5 Å². The molecule has 344 valence electrons. The summed E-state index contributed by atoms with van der Waals surface area (Å²) in [7, 11) is 0. The van der Waals surface area contributed by atoms with Gasteiger partial charge in [0.05, 0.1) is 0 Å². The molecule has 0 unspecified atom stereocenters. The molecular weight excluding hydrogens is 1030 g/mol. The maximum atomic E-state index is 14.4. The van der Waals surface area contributed by atoms with Crippen LogP contribution in [0.5, 0.6) is 11.5 Å². The molecular formula is C62H50FN4OPt-3. The number of hydrogen-bond donors (Lipinski definition) is 0. The smallest absolute Gasteiger partial charge is 0.135 e. The second kappa shape index (κ2) is 18.0. The van der Waals surface area contributed by atoms with Crippen molar-refractivity contribution in [2.75, 3.05) is 9.80 Å². The Hall–Kier alpha value is -7.27. The molecule has 0 N–H and O–H groups in total. The van der Waals surface area contributed by atoms with Gasteiger partial charge in [-0.05, 0) is 92.1 Å². The quantitative estimate of drug-likeness (QED) is 0.142. The van der Waals surface area contributed by atoms with E-state index in [1.807, 2.05) is 30.5 Å². The number of para-hydroxylation sites is 4. The summed E-state index contributed by atoms with van der Waals surface area (Å²) < 4.78 is 23.5. The van der Waals surface area contributed by atoms with Gasteiger partial charge in [0.1, 0.15) is 11.6 Å². The largest absolute Gasteiger partial charge is 0.509 e. The van der Waals surface area contributed by atoms with Gasteiger partial charge in [-0.25, -0.2) is 9.37 Å². The van der Waals surface area contributed by atoms with Crippen molar-refractivity contribution >= 4 is 44.6 Å². The Morgan fingerprint density at radius 3 is 1.93 bits per heavy atom. The number of aromatic nitrogens is 2. The molecule has 0 amide bonds. The molecule has 5 nitrogen and oxygen atoms in total. The van der Waals surface area contributed by atoms with Crippen LogP contribution in [0.15, 0.2) is 188 Å². The molecule has 0 bridgehead atoms. The van der Waals surface area contributed by atoms with Crippen molar-refractivity contribution in [3.8, 4) is 50.7 Å². The summed E-state index contributed by atoms with van der Waals surface area (Å²) in [5.74, 6) is 1.66. The summed E-state index contributed by atoms with van der Waals surface area (Å²) in [5, 5.41) is 2.18. The number of fused-ring (bicyclic) bond motifs is 4. The van der Waals surface area contributed by atoms with Gasteiger partial charge in [0, 0.05) is 66.9 Å². The molecule has 69 heavy (non-hydrogen) atoms. The number of anilines is 4. The number of rotatable bonds is 8. The molecule has 0 fully saturated rings. The number of halogens is 1.